The fraction of sp³-hybridized carbons (Fsp3) is 0.417. The van der Waals surface area contributed by atoms with Crippen molar-refractivity contribution >= 4 is 23.2 Å². The van der Waals surface area contributed by atoms with Crippen molar-refractivity contribution in [3.8, 4) is 0 Å². The van der Waals surface area contributed by atoms with E-state index in [0.29, 0.717) is 17.1 Å². The molecule has 1 N–H and O–H groups in total. The van der Waals surface area contributed by atoms with Crippen molar-refractivity contribution in [2.45, 2.75) is 33.5 Å². The molecule has 0 bridgehead atoms. The summed E-state index contributed by atoms with van der Waals surface area (Å²) in [5.74, 6) is -0.164. The summed E-state index contributed by atoms with van der Waals surface area (Å²) in [4.78, 5) is 11.9. The summed E-state index contributed by atoms with van der Waals surface area (Å²) in [6, 6.07) is 0. The summed E-state index contributed by atoms with van der Waals surface area (Å²) in [6.07, 6.45) is -4.68. The van der Waals surface area contributed by atoms with E-state index in [0.717, 1.165) is 4.68 Å². The third-order valence-corrected chi connectivity index (χ3v) is 3.45. The van der Waals surface area contributed by atoms with Crippen molar-refractivity contribution in [3.05, 3.63) is 27.9 Å². The maximum Gasteiger partial charge on any atom is 0.436 e. The number of hydrogen-bond acceptors (Lipinski definition) is 4. The molecule has 22 heavy (non-hydrogen) atoms. The molecule has 0 aromatic carbocycles. The predicted octanol–water partition coefficient (Wildman–Crippen LogP) is 3.11. The highest BCUT2D eigenvalue weighted by Crippen LogP contribution is 2.35. The maximum absolute atomic E-state index is 12.7. The first-order valence-corrected chi connectivity index (χ1v) is 6.52. The fourth-order valence-electron chi connectivity index (χ4n) is 1.84. The van der Waals surface area contributed by atoms with Crippen LogP contribution >= 0.6 is 11.6 Å². The average molecular weight is 337 g/mol. The number of rotatable bonds is 3. The average Bonchev–Trinajstić information content (AvgIpc) is 2.86. The van der Waals surface area contributed by atoms with Gasteiger partial charge in [-0.3, -0.25) is 9.48 Å². The molecule has 0 saturated carbocycles. The number of hydrogen-bond donors (Lipinski definition) is 1. The Kier molecular flexibility index (Phi) is 4.19. The van der Waals surface area contributed by atoms with Crippen molar-refractivity contribution in [1.29, 1.82) is 0 Å². The quantitative estimate of drug-likeness (QED) is 0.934. The van der Waals surface area contributed by atoms with Crippen LogP contribution in [0.2, 0.25) is 5.02 Å². The number of aryl methyl sites for hydroxylation is 2. The Morgan fingerprint density at radius 1 is 1.36 bits per heavy atom. The molecular weight excluding hydrogens is 325 g/mol. The molecule has 2 aromatic rings. The monoisotopic (exact) mass is 336 g/mol. The molecule has 0 radical (unpaired) electrons. The second-order valence-corrected chi connectivity index (χ2v) is 5.03. The molecule has 0 fully saturated rings. The third kappa shape index (κ3) is 3.08. The molecule has 0 aliphatic rings. The SMILES string of the molecule is Cc1noc(C)c1NC(=O)Cn1nc(C(F)(F)F)c(Cl)c1C. The number of nitrogens with one attached hydrogen (secondary N) is 1. The molecule has 120 valence electrons. The first-order valence-electron chi connectivity index (χ1n) is 6.14. The van der Waals surface area contributed by atoms with Crippen LogP contribution in [0.25, 0.3) is 0 Å². The molecule has 0 unspecified atom stereocenters. The van der Waals surface area contributed by atoms with Crippen LogP contribution in [0.1, 0.15) is 22.8 Å². The Labute approximate surface area is 128 Å². The van der Waals surface area contributed by atoms with E-state index in [1.54, 1.807) is 13.8 Å². The van der Waals surface area contributed by atoms with Gasteiger partial charge in [0.2, 0.25) is 5.91 Å². The van der Waals surface area contributed by atoms with Crippen LogP contribution in [0.4, 0.5) is 18.9 Å². The Morgan fingerprint density at radius 2 is 2.00 bits per heavy atom. The number of nitrogens with zero attached hydrogens (tertiary/aromatic N) is 3. The highest BCUT2D eigenvalue weighted by Gasteiger charge is 2.38. The van der Waals surface area contributed by atoms with Gasteiger partial charge in [0.15, 0.2) is 11.5 Å². The number of alkyl halides is 3. The van der Waals surface area contributed by atoms with Gasteiger partial charge in [0, 0.05) is 0 Å². The number of aromatic nitrogens is 3. The third-order valence-electron chi connectivity index (χ3n) is 2.99. The number of anilines is 1. The smallest absolute Gasteiger partial charge is 0.359 e. The standard InChI is InChI=1S/C12H12ClF3N4O2/c1-5-10(7(3)22-19-5)17-8(21)4-20-6(2)9(13)11(18-20)12(14,15)16/h4H2,1-3H3,(H,17,21). The van der Waals surface area contributed by atoms with Crippen LogP contribution in [0.15, 0.2) is 4.52 Å². The summed E-state index contributed by atoms with van der Waals surface area (Å²) < 4.78 is 43.9. The second kappa shape index (κ2) is 5.64. The molecule has 2 heterocycles. The van der Waals surface area contributed by atoms with Gasteiger partial charge in [-0.1, -0.05) is 16.8 Å². The molecule has 0 aliphatic heterocycles. The lowest BCUT2D eigenvalue weighted by Gasteiger charge is -2.06. The largest absolute Gasteiger partial charge is 0.436 e. The van der Waals surface area contributed by atoms with E-state index in [1.807, 2.05) is 0 Å². The van der Waals surface area contributed by atoms with E-state index < -0.39 is 29.3 Å². The molecule has 6 nitrogen and oxygen atoms in total. The fourth-order valence-corrected chi connectivity index (χ4v) is 2.08. The van der Waals surface area contributed by atoms with Crippen LogP contribution in [0.5, 0.6) is 0 Å². The lowest BCUT2D eigenvalue weighted by atomic mass is 10.3. The first kappa shape index (κ1) is 16.3. The Hall–Kier alpha value is -2.03. The topological polar surface area (TPSA) is 73.0 Å². The van der Waals surface area contributed by atoms with Gasteiger partial charge in [-0.15, -0.1) is 0 Å². The van der Waals surface area contributed by atoms with Crippen LogP contribution in [0.3, 0.4) is 0 Å². The highest BCUT2D eigenvalue weighted by molar-refractivity contribution is 6.32. The van der Waals surface area contributed by atoms with E-state index in [2.05, 4.69) is 15.6 Å². The predicted molar refractivity (Wildman–Crippen MR) is 71.6 cm³/mol. The number of amides is 1. The zero-order valence-electron chi connectivity index (χ0n) is 11.9. The van der Waals surface area contributed by atoms with Crippen molar-refractivity contribution in [2.24, 2.45) is 0 Å². The van der Waals surface area contributed by atoms with Crippen LogP contribution in [-0.2, 0) is 17.5 Å². The zero-order valence-corrected chi connectivity index (χ0v) is 12.6. The van der Waals surface area contributed by atoms with Crippen molar-refractivity contribution in [2.75, 3.05) is 5.32 Å². The molecular formula is C12H12ClF3N4O2. The summed E-state index contributed by atoms with van der Waals surface area (Å²) in [5, 5.41) is 9.02. The Balaban J connectivity index is 2.19. The zero-order chi connectivity index (χ0) is 16.7. The molecule has 0 saturated heterocycles. The van der Waals surface area contributed by atoms with Crippen LogP contribution < -0.4 is 5.32 Å². The van der Waals surface area contributed by atoms with E-state index in [1.165, 1.54) is 6.92 Å². The van der Waals surface area contributed by atoms with Gasteiger partial charge in [0.1, 0.15) is 17.9 Å². The van der Waals surface area contributed by atoms with Gasteiger partial charge >= 0.3 is 6.18 Å². The van der Waals surface area contributed by atoms with Gasteiger partial charge in [0.25, 0.3) is 0 Å². The second-order valence-electron chi connectivity index (χ2n) is 4.65. The maximum atomic E-state index is 12.7. The van der Waals surface area contributed by atoms with E-state index in [9.17, 15) is 18.0 Å². The molecule has 0 aliphatic carbocycles. The van der Waals surface area contributed by atoms with Gasteiger partial charge in [-0.25, -0.2) is 0 Å². The van der Waals surface area contributed by atoms with Crippen molar-refractivity contribution in [3.63, 3.8) is 0 Å². The van der Waals surface area contributed by atoms with Gasteiger partial charge < -0.3 is 9.84 Å². The van der Waals surface area contributed by atoms with Crippen LogP contribution in [0, 0.1) is 20.8 Å². The van der Waals surface area contributed by atoms with Crippen LogP contribution in [-0.4, -0.2) is 20.8 Å². The van der Waals surface area contributed by atoms with Crippen molar-refractivity contribution in [1.82, 2.24) is 14.9 Å². The molecule has 10 heteroatoms. The highest BCUT2D eigenvalue weighted by atomic mass is 35.5. The Morgan fingerprint density at radius 3 is 2.45 bits per heavy atom. The Bertz CT molecular complexity index is 701. The van der Waals surface area contributed by atoms with E-state index in [4.69, 9.17) is 16.1 Å². The number of carbonyl (C=O) groups excluding carboxylic acids is 1. The number of halogens is 4. The van der Waals surface area contributed by atoms with Gasteiger partial charge in [-0.2, -0.15) is 18.3 Å². The van der Waals surface area contributed by atoms with Crippen molar-refractivity contribution < 1.29 is 22.5 Å². The first-order chi connectivity index (χ1) is 10.1. The molecule has 1 amide bonds. The van der Waals surface area contributed by atoms with Gasteiger partial charge in [0.05, 0.1) is 10.7 Å². The molecule has 0 atom stereocenters. The summed E-state index contributed by atoms with van der Waals surface area (Å²) in [7, 11) is 0. The number of carbonyl (C=O) groups is 1. The normalized spacial score (nSPS) is 11.8. The molecule has 2 rings (SSSR count). The molecule has 2 aromatic heterocycles. The summed E-state index contributed by atoms with van der Waals surface area (Å²) in [6.45, 7) is 4.18. The minimum absolute atomic E-state index is 0.0582. The van der Waals surface area contributed by atoms with Gasteiger partial charge in [-0.05, 0) is 20.8 Å². The minimum Gasteiger partial charge on any atom is -0.359 e. The summed E-state index contributed by atoms with van der Waals surface area (Å²) >= 11 is 5.62. The molecule has 0 spiro atoms. The van der Waals surface area contributed by atoms with E-state index >= 15 is 0 Å². The lowest BCUT2D eigenvalue weighted by molar-refractivity contribution is -0.141. The lowest BCUT2D eigenvalue weighted by Crippen LogP contribution is -2.21. The summed E-state index contributed by atoms with van der Waals surface area (Å²) in [5.41, 5.74) is -0.297. The minimum atomic E-state index is -4.68. The van der Waals surface area contributed by atoms with E-state index in [-0.39, 0.29) is 5.69 Å².